The molecule has 8 atom stereocenters. The Bertz CT molecular complexity index is 2040. The van der Waals surface area contributed by atoms with E-state index in [0.29, 0.717) is 47.5 Å². The fourth-order valence-electron chi connectivity index (χ4n) is 13.3. The molecular weight excluding hydrogens is 739 g/mol. The number of benzene rings is 5. The molecule has 0 saturated heterocycles. The zero-order chi connectivity index (χ0) is 39.7. The van der Waals surface area contributed by atoms with Crippen molar-refractivity contribution in [3.63, 3.8) is 0 Å². The number of rotatable bonds is 13. The van der Waals surface area contributed by atoms with Gasteiger partial charge in [-0.2, -0.15) is 0 Å². The first kappa shape index (κ1) is 40.1. The molecule has 2 bridgehead atoms. The summed E-state index contributed by atoms with van der Waals surface area (Å²) < 4.78 is 6.71. The molecule has 0 aromatic heterocycles. The normalized spacial score (nSPS) is 30.3. The molecule has 1 nitrogen and oxygen atoms in total. The van der Waals surface area contributed by atoms with Crippen LogP contribution in [0.4, 0.5) is 0 Å². The lowest BCUT2D eigenvalue weighted by atomic mass is 9.35. The van der Waals surface area contributed by atoms with Gasteiger partial charge in [-0.15, -0.1) is 0 Å². The van der Waals surface area contributed by atoms with Crippen molar-refractivity contribution in [3.8, 4) is 0 Å². The highest BCUT2D eigenvalue weighted by Crippen LogP contribution is 2.75. The van der Waals surface area contributed by atoms with E-state index in [1.165, 1.54) is 67.0 Å². The zero-order valence-corrected chi connectivity index (χ0v) is 37.1. The lowest BCUT2D eigenvalue weighted by Gasteiger charge is -2.71. The molecule has 5 aliphatic rings. The lowest BCUT2D eigenvalue weighted by molar-refractivity contribution is -0.188. The fraction of sp³-hybridized carbons (Fsp3) is 0.418. The van der Waals surface area contributed by atoms with E-state index in [-0.39, 0.29) is 10.8 Å². The molecule has 5 aliphatic carbocycles. The number of fused-ring (bicyclic) bond motifs is 2. The molecule has 3 fully saturated rings. The Morgan fingerprint density at radius 2 is 1.10 bits per heavy atom. The van der Waals surface area contributed by atoms with E-state index < -0.39 is 15.8 Å². The molecular formula is C55H64OP2. The second-order valence-electron chi connectivity index (χ2n) is 19.2. The fourth-order valence-corrected chi connectivity index (χ4v) is 18.8. The van der Waals surface area contributed by atoms with E-state index in [0.717, 1.165) is 6.61 Å². The standard InChI is InChI=1S/C55H64OP2/c1-41(2)48-36-55-34-31-51-53(3,40-56-37-42-21-10-5-11-22-42)32-20-33-54(51,4)52(55)35-47(48)49(38-57(43-23-12-6-13-24-43)44-25-14-7-15-26-44)50(55)39-58(45-27-16-8-17-28-45)46-29-18-9-19-30-46/h5-19,21-30,36,41,47,49-52H,20,31-35,37-40H2,1-4H3/t47-,49+,50+,51-,52+,53-,54-,55+/m0/s1. The summed E-state index contributed by atoms with van der Waals surface area (Å²) in [6.07, 6.45) is 13.5. The third-order valence-corrected chi connectivity index (χ3v) is 21.0. The van der Waals surface area contributed by atoms with Gasteiger partial charge in [0, 0.05) is 0 Å². The van der Waals surface area contributed by atoms with Crippen molar-refractivity contribution in [3.05, 3.63) is 169 Å². The van der Waals surface area contributed by atoms with E-state index in [4.69, 9.17) is 4.74 Å². The van der Waals surface area contributed by atoms with Crippen molar-refractivity contribution in [2.45, 2.75) is 72.8 Å². The molecule has 5 aromatic carbocycles. The van der Waals surface area contributed by atoms with Crippen molar-refractivity contribution in [1.29, 1.82) is 0 Å². The Morgan fingerprint density at radius 1 is 0.603 bits per heavy atom. The lowest BCUT2D eigenvalue weighted by Crippen LogP contribution is -2.65. The van der Waals surface area contributed by atoms with Crippen LogP contribution in [0.25, 0.3) is 0 Å². The van der Waals surface area contributed by atoms with Crippen LogP contribution in [0.3, 0.4) is 0 Å². The number of ether oxygens (including phenoxy) is 1. The summed E-state index contributed by atoms with van der Waals surface area (Å²) in [4.78, 5) is 0. The van der Waals surface area contributed by atoms with E-state index in [9.17, 15) is 0 Å². The Balaban J connectivity index is 1.15. The highest BCUT2D eigenvalue weighted by Gasteiger charge is 2.67. The minimum Gasteiger partial charge on any atom is -0.376 e. The maximum atomic E-state index is 6.71. The summed E-state index contributed by atoms with van der Waals surface area (Å²) >= 11 is 0. The molecule has 3 heteroatoms. The van der Waals surface area contributed by atoms with E-state index >= 15 is 0 Å². The zero-order valence-electron chi connectivity index (χ0n) is 35.3. The van der Waals surface area contributed by atoms with E-state index in [1.807, 2.05) is 0 Å². The number of allylic oxidation sites excluding steroid dienone is 2. The molecule has 0 N–H and O–H groups in total. The number of hydrogen-bond acceptors (Lipinski definition) is 1. The van der Waals surface area contributed by atoms with Crippen molar-refractivity contribution >= 4 is 37.1 Å². The quantitative estimate of drug-likeness (QED) is 0.0851. The van der Waals surface area contributed by atoms with Gasteiger partial charge in [-0.1, -0.05) is 197 Å². The Kier molecular flexibility index (Phi) is 11.7. The maximum Gasteiger partial charge on any atom is 0.0717 e. The molecule has 300 valence electrons. The van der Waals surface area contributed by atoms with Crippen molar-refractivity contribution in [2.24, 2.45) is 51.8 Å². The highest BCUT2D eigenvalue weighted by molar-refractivity contribution is 7.73. The van der Waals surface area contributed by atoms with Gasteiger partial charge < -0.3 is 4.74 Å². The average molecular weight is 803 g/mol. The minimum atomic E-state index is -0.540. The van der Waals surface area contributed by atoms with Crippen LogP contribution in [-0.4, -0.2) is 18.9 Å². The predicted octanol–water partition coefficient (Wildman–Crippen LogP) is 12.5. The molecule has 3 saturated carbocycles. The van der Waals surface area contributed by atoms with Gasteiger partial charge in [0.25, 0.3) is 0 Å². The largest absolute Gasteiger partial charge is 0.376 e. The van der Waals surface area contributed by atoms with Crippen LogP contribution in [-0.2, 0) is 11.3 Å². The van der Waals surface area contributed by atoms with Crippen LogP contribution in [0.5, 0.6) is 0 Å². The second kappa shape index (κ2) is 17.0. The Labute approximate surface area is 352 Å². The highest BCUT2D eigenvalue weighted by atomic mass is 31.1. The summed E-state index contributed by atoms with van der Waals surface area (Å²) in [5.74, 6) is 3.85. The van der Waals surface area contributed by atoms with E-state index in [1.54, 1.807) is 16.2 Å². The summed E-state index contributed by atoms with van der Waals surface area (Å²) in [5, 5.41) is 6.16. The van der Waals surface area contributed by atoms with Crippen LogP contribution in [0.15, 0.2) is 163 Å². The molecule has 10 rings (SSSR count). The third kappa shape index (κ3) is 7.53. The molecule has 58 heavy (non-hydrogen) atoms. The van der Waals surface area contributed by atoms with Crippen LogP contribution in [0, 0.1) is 51.8 Å². The molecule has 0 amide bonds. The van der Waals surface area contributed by atoms with Gasteiger partial charge in [-0.3, -0.25) is 0 Å². The minimum absolute atomic E-state index is 0.200. The summed E-state index contributed by atoms with van der Waals surface area (Å²) in [6.45, 7) is 12.0. The first-order valence-electron chi connectivity index (χ1n) is 22.4. The van der Waals surface area contributed by atoms with Gasteiger partial charge in [0.05, 0.1) is 13.2 Å². The van der Waals surface area contributed by atoms with Crippen LogP contribution < -0.4 is 21.2 Å². The Hall–Kier alpha value is -3.34. The topological polar surface area (TPSA) is 9.23 Å². The molecule has 0 aliphatic heterocycles. The summed E-state index contributed by atoms with van der Waals surface area (Å²) in [5.41, 5.74) is 3.79. The van der Waals surface area contributed by atoms with Crippen molar-refractivity contribution in [2.75, 3.05) is 18.9 Å². The van der Waals surface area contributed by atoms with Crippen LogP contribution in [0.2, 0.25) is 0 Å². The van der Waals surface area contributed by atoms with Gasteiger partial charge in [0.15, 0.2) is 0 Å². The van der Waals surface area contributed by atoms with Crippen LogP contribution in [0.1, 0.15) is 71.8 Å². The van der Waals surface area contributed by atoms with Gasteiger partial charge in [-0.05, 0) is 139 Å². The van der Waals surface area contributed by atoms with Gasteiger partial charge >= 0.3 is 0 Å². The number of hydrogen-bond donors (Lipinski definition) is 0. The van der Waals surface area contributed by atoms with E-state index in [2.05, 4.69) is 185 Å². The molecule has 0 unspecified atom stereocenters. The molecule has 0 radical (unpaired) electrons. The van der Waals surface area contributed by atoms with Gasteiger partial charge in [-0.25, -0.2) is 0 Å². The second-order valence-corrected chi connectivity index (χ2v) is 23.7. The molecule has 0 heterocycles. The third-order valence-electron chi connectivity index (χ3n) is 15.7. The van der Waals surface area contributed by atoms with Crippen molar-refractivity contribution in [1.82, 2.24) is 0 Å². The monoisotopic (exact) mass is 802 g/mol. The molecule has 1 spiro atoms. The first-order chi connectivity index (χ1) is 28.3. The smallest absolute Gasteiger partial charge is 0.0717 e. The average Bonchev–Trinajstić information content (AvgIpc) is 3.26. The Morgan fingerprint density at radius 3 is 1.62 bits per heavy atom. The predicted molar refractivity (Wildman–Crippen MR) is 251 cm³/mol. The van der Waals surface area contributed by atoms with Crippen molar-refractivity contribution < 1.29 is 4.74 Å². The summed E-state index contributed by atoms with van der Waals surface area (Å²) in [6, 6.07) is 57.4. The maximum absolute atomic E-state index is 6.71. The van der Waals surface area contributed by atoms with Gasteiger partial charge in [0.1, 0.15) is 0 Å². The van der Waals surface area contributed by atoms with Crippen LogP contribution >= 0.6 is 15.8 Å². The summed E-state index contributed by atoms with van der Waals surface area (Å²) in [7, 11) is -1.06. The molecule has 5 aromatic rings. The van der Waals surface area contributed by atoms with Gasteiger partial charge in [0.2, 0.25) is 0 Å². The SMILES string of the molecule is CC(C)C1=C[C@@]23CC[C@H]4[C@](C)(COCc5ccccc5)CCC[C@]4(C)[C@H]2C[C@@H]1[C@@H](CP(c1ccccc1)c1ccccc1)[C@H]3CP(c1ccccc1)c1ccccc1. The first-order valence-corrected chi connectivity index (χ1v) is 25.4.